The molecule has 0 aliphatic heterocycles. The molecule has 4 aromatic rings. The van der Waals surface area contributed by atoms with Crippen LogP contribution < -0.4 is 10.1 Å². The highest BCUT2D eigenvalue weighted by atomic mass is 35.5. The predicted molar refractivity (Wildman–Crippen MR) is 128 cm³/mol. The topological polar surface area (TPSA) is 56.1 Å². The number of nitrogens with zero attached hydrogens (tertiary/aromatic N) is 2. The van der Waals surface area contributed by atoms with E-state index in [0.29, 0.717) is 34.4 Å². The van der Waals surface area contributed by atoms with Gasteiger partial charge in [-0.3, -0.25) is 4.79 Å². The summed E-state index contributed by atoms with van der Waals surface area (Å²) in [7, 11) is 1.62. The highest BCUT2D eigenvalue weighted by Gasteiger charge is 2.18. The Balaban J connectivity index is 1.59. The van der Waals surface area contributed by atoms with Gasteiger partial charge in [0.1, 0.15) is 11.4 Å². The predicted octanol–water partition coefficient (Wildman–Crippen LogP) is 5.83. The van der Waals surface area contributed by atoms with Crippen molar-refractivity contribution in [2.75, 3.05) is 13.7 Å². The molecular formula is C25H21Cl2N3O2. The first kappa shape index (κ1) is 21.9. The second kappa shape index (κ2) is 9.90. The number of carbonyl (C=O) groups excluding carboxylic acids is 1. The lowest BCUT2D eigenvalue weighted by molar-refractivity contribution is 0.0946. The van der Waals surface area contributed by atoms with E-state index in [1.165, 1.54) is 0 Å². The monoisotopic (exact) mass is 465 g/mol. The molecule has 3 aromatic carbocycles. The SMILES string of the molecule is COc1cccc(-c2cc(C(=O)NCCc3ccc(Cl)cc3Cl)n(-c3ccccc3)n2)c1. The van der Waals surface area contributed by atoms with Crippen LogP contribution in [-0.4, -0.2) is 29.3 Å². The normalized spacial score (nSPS) is 10.7. The third-order valence-electron chi connectivity index (χ3n) is 5.00. The van der Waals surface area contributed by atoms with Gasteiger partial charge < -0.3 is 10.1 Å². The lowest BCUT2D eigenvalue weighted by Gasteiger charge is -2.09. The van der Waals surface area contributed by atoms with Crippen molar-refractivity contribution in [3.05, 3.63) is 100 Å². The zero-order valence-electron chi connectivity index (χ0n) is 17.4. The summed E-state index contributed by atoms with van der Waals surface area (Å²) >= 11 is 12.2. The molecule has 4 rings (SSSR count). The summed E-state index contributed by atoms with van der Waals surface area (Å²) in [6.07, 6.45) is 0.587. The summed E-state index contributed by atoms with van der Waals surface area (Å²) < 4.78 is 6.98. The number of hydrogen-bond donors (Lipinski definition) is 1. The molecule has 0 unspecified atom stereocenters. The number of rotatable bonds is 7. The van der Waals surface area contributed by atoms with Gasteiger partial charge in [-0.15, -0.1) is 0 Å². The largest absolute Gasteiger partial charge is 0.497 e. The molecule has 0 saturated heterocycles. The molecule has 1 N–H and O–H groups in total. The lowest BCUT2D eigenvalue weighted by atomic mass is 10.1. The molecule has 1 heterocycles. The van der Waals surface area contributed by atoms with Crippen LogP contribution in [0.2, 0.25) is 10.0 Å². The van der Waals surface area contributed by atoms with Crippen molar-refractivity contribution in [1.29, 1.82) is 0 Å². The first-order valence-corrected chi connectivity index (χ1v) is 10.8. The molecule has 0 aliphatic rings. The zero-order chi connectivity index (χ0) is 22.5. The maximum absolute atomic E-state index is 13.1. The maximum atomic E-state index is 13.1. The van der Waals surface area contributed by atoms with Gasteiger partial charge in [0.2, 0.25) is 0 Å². The van der Waals surface area contributed by atoms with Crippen LogP contribution in [0.1, 0.15) is 16.1 Å². The first-order valence-electron chi connectivity index (χ1n) is 10.1. The Bertz CT molecular complexity index is 1240. The van der Waals surface area contributed by atoms with E-state index >= 15 is 0 Å². The Morgan fingerprint density at radius 1 is 1.00 bits per heavy atom. The van der Waals surface area contributed by atoms with Crippen molar-refractivity contribution in [2.45, 2.75) is 6.42 Å². The van der Waals surface area contributed by atoms with Crippen molar-refractivity contribution < 1.29 is 9.53 Å². The van der Waals surface area contributed by atoms with Gasteiger partial charge in [-0.2, -0.15) is 5.10 Å². The summed E-state index contributed by atoms with van der Waals surface area (Å²) in [6, 6.07) is 24.3. The number of carbonyl (C=O) groups is 1. The summed E-state index contributed by atoms with van der Waals surface area (Å²) in [5, 5.41) is 8.84. The number of hydrogen-bond acceptors (Lipinski definition) is 3. The second-order valence-corrected chi connectivity index (χ2v) is 7.98. The quantitative estimate of drug-likeness (QED) is 0.373. The third-order valence-corrected chi connectivity index (χ3v) is 5.59. The maximum Gasteiger partial charge on any atom is 0.270 e. The minimum Gasteiger partial charge on any atom is -0.497 e. The fraction of sp³-hybridized carbons (Fsp3) is 0.120. The van der Waals surface area contributed by atoms with E-state index in [1.807, 2.05) is 60.7 Å². The molecule has 32 heavy (non-hydrogen) atoms. The smallest absolute Gasteiger partial charge is 0.270 e. The van der Waals surface area contributed by atoms with Crippen LogP contribution in [0.4, 0.5) is 0 Å². The standard InChI is InChI=1S/C25H21Cl2N3O2/c1-32-21-9-5-6-18(14-21)23-16-24(30(29-23)20-7-3-2-4-8-20)25(31)28-13-12-17-10-11-19(26)15-22(17)27/h2-11,14-16H,12-13H2,1H3,(H,28,31). The number of nitrogens with one attached hydrogen (secondary N) is 1. The number of benzene rings is 3. The van der Waals surface area contributed by atoms with Crippen molar-refractivity contribution in [3.63, 3.8) is 0 Å². The van der Waals surface area contributed by atoms with Gasteiger partial charge in [-0.05, 0) is 54.4 Å². The molecule has 0 spiro atoms. The number of ether oxygens (including phenoxy) is 1. The van der Waals surface area contributed by atoms with Gasteiger partial charge in [-0.25, -0.2) is 4.68 Å². The van der Waals surface area contributed by atoms with Gasteiger partial charge in [-0.1, -0.05) is 59.6 Å². The molecule has 0 radical (unpaired) electrons. The summed E-state index contributed by atoms with van der Waals surface area (Å²) in [6.45, 7) is 0.425. The summed E-state index contributed by atoms with van der Waals surface area (Å²) in [4.78, 5) is 13.1. The minimum absolute atomic E-state index is 0.222. The molecule has 0 saturated carbocycles. The Morgan fingerprint density at radius 2 is 1.81 bits per heavy atom. The number of para-hydroxylation sites is 1. The van der Waals surface area contributed by atoms with Crippen molar-refractivity contribution >= 4 is 29.1 Å². The van der Waals surface area contributed by atoms with Crippen molar-refractivity contribution in [2.24, 2.45) is 0 Å². The lowest BCUT2D eigenvalue weighted by Crippen LogP contribution is -2.27. The molecule has 1 amide bonds. The van der Waals surface area contributed by atoms with Crippen molar-refractivity contribution in [1.82, 2.24) is 15.1 Å². The average molecular weight is 466 g/mol. The van der Waals surface area contributed by atoms with Crippen LogP contribution in [0.25, 0.3) is 16.9 Å². The molecular weight excluding hydrogens is 445 g/mol. The van der Waals surface area contributed by atoms with Gasteiger partial charge in [0, 0.05) is 22.2 Å². The second-order valence-electron chi connectivity index (χ2n) is 7.14. The Labute approximate surface area is 196 Å². The van der Waals surface area contributed by atoms with Crippen LogP contribution in [-0.2, 0) is 6.42 Å². The van der Waals surface area contributed by atoms with E-state index in [0.717, 1.165) is 22.6 Å². The van der Waals surface area contributed by atoms with Crippen LogP contribution in [0.3, 0.4) is 0 Å². The highest BCUT2D eigenvalue weighted by Crippen LogP contribution is 2.25. The molecule has 5 nitrogen and oxygen atoms in total. The van der Waals surface area contributed by atoms with E-state index < -0.39 is 0 Å². The van der Waals surface area contributed by atoms with Crippen LogP contribution in [0.5, 0.6) is 5.75 Å². The number of methoxy groups -OCH3 is 1. The third kappa shape index (κ3) is 4.96. The number of aromatic nitrogens is 2. The molecule has 0 atom stereocenters. The highest BCUT2D eigenvalue weighted by molar-refractivity contribution is 6.35. The Kier molecular flexibility index (Phi) is 6.78. The van der Waals surface area contributed by atoms with E-state index in [4.69, 9.17) is 33.0 Å². The molecule has 1 aromatic heterocycles. The minimum atomic E-state index is -0.222. The van der Waals surface area contributed by atoms with E-state index in [-0.39, 0.29) is 5.91 Å². The van der Waals surface area contributed by atoms with Gasteiger partial charge in [0.15, 0.2) is 0 Å². The van der Waals surface area contributed by atoms with Gasteiger partial charge >= 0.3 is 0 Å². The van der Waals surface area contributed by atoms with E-state index in [1.54, 1.807) is 30.0 Å². The molecule has 0 bridgehead atoms. The molecule has 0 aliphatic carbocycles. The van der Waals surface area contributed by atoms with Gasteiger partial charge in [0.25, 0.3) is 5.91 Å². The Hall–Kier alpha value is -3.28. The fourth-order valence-electron chi connectivity index (χ4n) is 3.36. The van der Waals surface area contributed by atoms with Crippen LogP contribution in [0.15, 0.2) is 78.9 Å². The van der Waals surface area contributed by atoms with Crippen LogP contribution >= 0.6 is 23.2 Å². The van der Waals surface area contributed by atoms with E-state index in [2.05, 4.69) is 5.32 Å². The van der Waals surface area contributed by atoms with Crippen LogP contribution in [0, 0.1) is 0 Å². The molecule has 0 fully saturated rings. The summed E-state index contributed by atoms with van der Waals surface area (Å²) in [5.41, 5.74) is 3.70. The zero-order valence-corrected chi connectivity index (χ0v) is 18.9. The Morgan fingerprint density at radius 3 is 2.56 bits per heavy atom. The first-order chi connectivity index (χ1) is 15.5. The number of halogens is 2. The fourth-order valence-corrected chi connectivity index (χ4v) is 3.86. The van der Waals surface area contributed by atoms with Crippen molar-refractivity contribution in [3.8, 4) is 22.7 Å². The number of amides is 1. The van der Waals surface area contributed by atoms with E-state index in [9.17, 15) is 4.79 Å². The van der Waals surface area contributed by atoms with Gasteiger partial charge in [0.05, 0.1) is 18.5 Å². The molecule has 7 heteroatoms. The average Bonchev–Trinajstić information content (AvgIpc) is 3.27. The summed E-state index contributed by atoms with van der Waals surface area (Å²) in [5.74, 6) is 0.503. The molecule has 162 valence electrons.